The number of nitrogen functional groups attached to an aromatic ring is 1. The highest BCUT2D eigenvalue weighted by Gasteiger charge is 2.11. The molecule has 0 aliphatic rings. The molecule has 1 atom stereocenters. The predicted molar refractivity (Wildman–Crippen MR) is 87.7 cm³/mol. The van der Waals surface area contributed by atoms with Crippen LogP contribution in [0.5, 0.6) is 0 Å². The molecule has 0 radical (unpaired) electrons. The number of amides is 1. The summed E-state index contributed by atoms with van der Waals surface area (Å²) in [6, 6.07) is 13.0. The van der Waals surface area contributed by atoms with Gasteiger partial charge in [0.1, 0.15) is 0 Å². The quantitative estimate of drug-likeness (QED) is 0.848. The summed E-state index contributed by atoms with van der Waals surface area (Å²) in [5.41, 5.74) is 9.16. The number of anilines is 1. The summed E-state index contributed by atoms with van der Waals surface area (Å²) in [7, 11) is 0. The lowest BCUT2D eigenvalue weighted by Crippen LogP contribution is -2.34. The van der Waals surface area contributed by atoms with Crippen LogP contribution in [0.2, 0.25) is 5.02 Å². The Morgan fingerprint density at radius 3 is 2.52 bits per heavy atom. The van der Waals surface area contributed by atoms with Gasteiger partial charge >= 0.3 is 0 Å². The van der Waals surface area contributed by atoms with Gasteiger partial charge in [0, 0.05) is 22.3 Å². The Bertz CT molecular complexity index is 638. The predicted octanol–water partition coefficient (Wildman–Crippen LogP) is 3.59. The summed E-state index contributed by atoms with van der Waals surface area (Å²) in [5.74, 6) is -0.108. The number of carbonyl (C=O) groups is 1. The number of halogens is 1. The molecular weight excluding hydrogens is 284 g/mol. The van der Waals surface area contributed by atoms with Crippen LogP contribution < -0.4 is 11.1 Å². The van der Waals surface area contributed by atoms with Gasteiger partial charge in [-0.2, -0.15) is 0 Å². The standard InChI is InChI=1S/C17H19ClN2O/c1-11-3-6-14(10-16(11)19)17(21)20-12(2)9-13-4-7-15(18)8-5-13/h3-8,10,12H,9,19H2,1-2H3,(H,20,21). The highest BCUT2D eigenvalue weighted by atomic mass is 35.5. The van der Waals surface area contributed by atoms with Crippen LogP contribution in [-0.4, -0.2) is 11.9 Å². The van der Waals surface area contributed by atoms with Crippen molar-refractivity contribution >= 4 is 23.2 Å². The van der Waals surface area contributed by atoms with Crippen LogP contribution in [0.3, 0.4) is 0 Å². The third kappa shape index (κ3) is 4.23. The van der Waals surface area contributed by atoms with E-state index in [4.69, 9.17) is 17.3 Å². The molecule has 21 heavy (non-hydrogen) atoms. The van der Waals surface area contributed by atoms with Crippen LogP contribution in [0, 0.1) is 6.92 Å². The van der Waals surface area contributed by atoms with Crippen LogP contribution in [0.15, 0.2) is 42.5 Å². The van der Waals surface area contributed by atoms with Crippen molar-refractivity contribution < 1.29 is 4.79 Å². The van der Waals surface area contributed by atoms with E-state index in [1.54, 1.807) is 12.1 Å². The molecule has 2 rings (SSSR count). The molecule has 0 saturated heterocycles. The molecule has 0 aromatic heterocycles. The molecule has 1 amide bonds. The molecular formula is C17H19ClN2O. The van der Waals surface area contributed by atoms with E-state index < -0.39 is 0 Å². The SMILES string of the molecule is Cc1ccc(C(=O)NC(C)Cc2ccc(Cl)cc2)cc1N. The summed E-state index contributed by atoms with van der Waals surface area (Å²) in [5, 5.41) is 3.69. The monoisotopic (exact) mass is 302 g/mol. The van der Waals surface area contributed by atoms with E-state index in [0.717, 1.165) is 17.5 Å². The van der Waals surface area contributed by atoms with E-state index in [1.165, 1.54) is 0 Å². The molecule has 0 aliphatic carbocycles. The number of carbonyl (C=O) groups excluding carboxylic acids is 1. The third-order valence-electron chi connectivity index (χ3n) is 3.37. The van der Waals surface area contributed by atoms with E-state index in [-0.39, 0.29) is 11.9 Å². The zero-order valence-electron chi connectivity index (χ0n) is 12.2. The highest BCUT2D eigenvalue weighted by Crippen LogP contribution is 2.14. The van der Waals surface area contributed by atoms with E-state index in [1.807, 2.05) is 44.2 Å². The van der Waals surface area contributed by atoms with Gasteiger partial charge in [0.15, 0.2) is 0 Å². The largest absolute Gasteiger partial charge is 0.398 e. The van der Waals surface area contributed by atoms with Crippen molar-refractivity contribution in [1.29, 1.82) is 0 Å². The Hall–Kier alpha value is -2.00. The first-order chi connectivity index (χ1) is 9.95. The summed E-state index contributed by atoms with van der Waals surface area (Å²) in [6.45, 7) is 3.89. The van der Waals surface area contributed by atoms with Crippen molar-refractivity contribution in [3.63, 3.8) is 0 Å². The fraction of sp³-hybridized carbons (Fsp3) is 0.235. The molecule has 0 heterocycles. The van der Waals surface area contributed by atoms with Crippen LogP contribution in [0.4, 0.5) is 5.69 Å². The molecule has 0 fully saturated rings. The lowest BCUT2D eigenvalue weighted by Gasteiger charge is -2.14. The van der Waals surface area contributed by atoms with Gasteiger partial charge in [-0.1, -0.05) is 29.8 Å². The minimum Gasteiger partial charge on any atom is -0.398 e. The Balaban J connectivity index is 1.98. The zero-order valence-corrected chi connectivity index (χ0v) is 12.9. The summed E-state index contributed by atoms with van der Waals surface area (Å²) < 4.78 is 0. The van der Waals surface area contributed by atoms with Crippen LogP contribution in [-0.2, 0) is 6.42 Å². The first kappa shape index (κ1) is 15.4. The second kappa shape index (κ2) is 6.64. The maximum Gasteiger partial charge on any atom is 0.251 e. The van der Waals surface area contributed by atoms with Gasteiger partial charge in [-0.15, -0.1) is 0 Å². The minimum absolute atomic E-state index is 0.0289. The lowest BCUT2D eigenvalue weighted by molar-refractivity contribution is 0.0940. The summed E-state index contributed by atoms with van der Waals surface area (Å²) in [6.07, 6.45) is 0.754. The topological polar surface area (TPSA) is 55.1 Å². The fourth-order valence-corrected chi connectivity index (χ4v) is 2.24. The normalized spacial score (nSPS) is 12.0. The number of hydrogen-bond acceptors (Lipinski definition) is 2. The van der Waals surface area contributed by atoms with Gasteiger partial charge in [0.05, 0.1) is 0 Å². The van der Waals surface area contributed by atoms with Gasteiger partial charge < -0.3 is 11.1 Å². The molecule has 2 aromatic carbocycles. The highest BCUT2D eigenvalue weighted by molar-refractivity contribution is 6.30. The molecule has 4 heteroatoms. The van der Waals surface area contributed by atoms with Crippen molar-refractivity contribution in [2.75, 3.05) is 5.73 Å². The van der Waals surface area contributed by atoms with Crippen molar-refractivity contribution in [1.82, 2.24) is 5.32 Å². The third-order valence-corrected chi connectivity index (χ3v) is 3.63. The maximum absolute atomic E-state index is 12.2. The van der Waals surface area contributed by atoms with Gasteiger partial charge in [-0.05, 0) is 55.7 Å². The second-order valence-corrected chi connectivity index (χ2v) is 5.71. The van der Waals surface area contributed by atoms with E-state index in [2.05, 4.69) is 5.32 Å². The minimum atomic E-state index is -0.108. The van der Waals surface area contributed by atoms with Crippen LogP contribution in [0.25, 0.3) is 0 Å². The molecule has 2 aromatic rings. The van der Waals surface area contributed by atoms with E-state index in [0.29, 0.717) is 16.3 Å². The second-order valence-electron chi connectivity index (χ2n) is 5.28. The number of rotatable bonds is 4. The number of aryl methyl sites for hydroxylation is 1. The molecule has 3 nitrogen and oxygen atoms in total. The Morgan fingerprint density at radius 1 is 1.24 bits per heavy atom. The van der Waals surface area contributed by atoms with E-state index in [9.17, 15) is 4.79 Å². The average molecular weight is 303 g/mol. The van der Waals surface area contributed by atoms with Gasteiger partial charge in [-0.25, -0.2) is 0 Å². The molecule has 0 saturated carbocycles. The summed E-state index contributed by atoms with van der Waals surface area (Å²) in [4.78, 5) is 12.2. The van der Waals surface area contributed by atoms with Crippen molar-refractivity contribution in [2.24, 2.45) is 0 Å². The van der Waals surface area contributed by atoms with Gasteiger partial charge in [0.2, 0.25) is 0 Å². The van der Waals surface area contributed by atoms with E-state index >= 15 is 0 Å². The molecule has 1 unspecified atom stereocenters. The van der Waals surface area contributed by atoms with Crippen molar-refractivity contribution in [3.8, 4) is 0 Å². The smallest absolute Gasteiger partial charge is 0.251 e. The molecule has 3 N–H and O–H groups in total. The number of nitrogens with two attached hydrogens (primary N) is 1. The van der Waals surface area contributed by atoms with Crippen LogP contribution >= 0.6 is 11.6 Å². The van der Waals surface area contributed by atoms with Crippen molar-refractivity contribution in [3.05, 3.63) is 64.2 Å². The maximum atomic E-state index is 12.2. The molecule has 0 spiro atoms. The Kier molecular flexibility index (Phi) is 4.86. The van der Waals surface area contributed by atoms with Gasteiger partial charge in [0.25, 0.3) is 5.91 Å². The van der Waals surface area contributed by atoms with Crippen molar-refractivity contribution in [2.45, 2.75) is 26.3 Å². The molecule has 0 bridgehead atoms. The number of benzene rings is 2. The zero-order chi connectivity index (χ0) is 15.4. The number of nitrogens with one attached hydrogen (secondary N) is 1. The Morgan fingerprint density at radius 2 is 1.90 bits per heavy atom. The summed E-state index contributed by atoms with van der Waals surface area (Å²) >= 11 is 5.86. The Labute approximate surface area is 130 Å². The number of hydrogen-bond donors (Lipinski definition) is 2. The lowest BCUT2D eigenvalue weighted by atomic mass is 10.1. The first-order valence-corrected chi connectivity index (χ1v) is 7.25. The molecule has 110 valence electrons. The van der Waals surface area contributed by atoms with Gasteiger partial charge in [-0.3, -0.25) is 4.79 Å². The first-order valence-electron chi connectivity index (χ1n) is 6.87. The average Bonchev–Trinajstić information content (AvgIpc) is 2.44. The molecule has 0 aliphatic heterocycles. The van der Waals surface area contributed by atoms with Crippen LogP contribution in [0.1, 0.15) is 28.4 Å². The fourth-order valence-electron chi connectivity index (χ4n) is 2.11.